The fourth-order valence-electron chi connectivity index (χ4n) is 3.92. The molecule has 2 aromatic carbocycles. The van der Waals surface area contributed by atoms with E-state index in [0.29, 0.717) is 66.1 Å². The van der Waals surface area contributed by atoms with E-state index in [1.807, 2.05) is 0 Å². The molecule has 1 aliphatic heterocycles. The monoisotopic (exact) mass is 496 g/mol. The normalized spacial score (nSPS) is 13.5. The van der Waals surface area contributed by atoms with Crippen molar-refractivity contribution in [1.29, 1.82) is 0 Å². The molecule has 4 rings (SSSR count). The van der Waals surface area contributed by atoms with Gasteiger partial charge in [0.15, 0.2) is 0 Å². The molecule has 0 saturated carbocycles. The standard InChI is InChI=1S/C25H25ClN4O5/c1-3-34-25(33)30-14-12-29(13-15-30)24(32)18-9-5-7-11-20(18)27-23(31)21-16(2)35-28-22(21)17-8-4-6-10-19(17)26/h4-11H,3,12-15H2,1-2H3,(H,27,31). The Morgan fingerprint density at radius 1 is 1.03 bits per heavy atom. The van der Waals surface area contributed by atoms with Crippen LogP contribution in [0.15, 0.2) is 53.1 Å². The smallest absolute Gasteiger partial charge is 0.409 e. The third kappa shape index (κ3) is 5.14. The second-order valence-electron chi connectivity index (χ2n) is 7.92. The van der Waals surface area contributed by atoms with Crippen LogP contribution in [0.2, 0.25) is 5.02 Å². The second-order valence-corrected chi connectivity index (χ2v) is 8.33. The maximum absolute atomic E-state index is 13.3. The number of carbonyl (C=O) groups excluding carboxylic acids is 3. The van der Waals surface area contributed by atoms with Crippen molar-refractivity contribution in [2.75, 3.05) is 38.1 Å². The summed E-state index contributed by atoms with van der Waals surface area (Å²) in [5, 5.41) is 7.31. The fraction of sp³-hybridized carbons (Fsp3) is 0.280. The molecule has 0 unspecified atom stereocenters. The molecule has 0 spiro atoms. The predicted octanol–water partition coefficient (Wildman–Crippen LogP) is 4.47. The summed E-state index contributed by atoms with van der Waals surface area (Å²) in [5.74, 6) is -0.375. The second kappa shape index (κ2) is 10.6. The van der Waals surface area contributed by atoms with Crippen LogP contribution in [0, 0.1) is 6.92 Å². The van der Waals surface area contributed by atoms with Gasteiger partial charge < -0.3 is 24.4 Å². The molecule has 1 fully saturated rings. The lowest BCUT2D eigenvalue weighted by Crippen LogP contribution is -2.50. The minimum atomic E-state index is -0.467. The van der Waals surface area contributed by atoms with Crippen molar-refractivity contribution in [1.82, 2.24) is 15.0 Å². The zero-order chi connectivity index (χ0) is 24.9. The molecule has 3 aromatic rings. The third-order valence-corrected chi connectivity index (χ3v) is 6.05. The van der Waals surface area contributed by atoms with Crippen LogP contribution in [-0.2, 0) is 4.74 Å². The summed E-state index contributed by atoms with van der Waals surface area (Å²) >= 11 is 6.31. The van der Waals surface area contributed by atoms with E-state index in [1.165, 1.54) is 0 Å². The molecule has 182 valence electrons. The lowest BCUT2D eigenvalue weighted by molar-refractivity contribution is 0.0571. The molecule has 0 radical (unpaired) electrons. The number of para-hydroxylation sites is 1. The average Bonchev–Trinajstić information content (AvgIpc) is 3.25. The summed E-state index contributed by atoms with van der Waals surface area (Å²) in [7, 11) is 0. The maximum Gasteiger partial charge on any atom is 0.409 e. The highest BCUT2D eigenvalue weighted by atomic mass is 35.5. The van der Waals surface area contributed by atoms with Crippen LogP contribution in [0.4, 0.5) is 10.5 Å². The van der Waals surface area contributed by atoms with Crippen LogP contribution >= 0.6 is 11.6 Å². The predicted molar refractivity (Wildman–Crippen MR) is 131 cm³/mol. The molecule has 10 heteroatoms. The maximum atomic E-state index is 13.3. The lowest BCUT2D eigenvalue weighted by Gasteiger charge is -2.34. The lowest BCUT2D eigenvalue weighted by atomic mass is 10.0. The van der Waals surface area contributed by atoms with Gasteiger partial charge in [-0.15, -0.1) is 0 Å². The van der Waals surface area contributed by atoms with Gasteiger partial charge in [0.25, 0.3) is 11.8 Å². The summed E-state index contributed by atoms with van der Waals surface area (Å²) < 4.78 is 10.3. The van der Waals surface area contributed by atoms with Crippen LogP contribution in [0.3, 0.4) is 0 Å². The van der Waals surface area contributed by atoms with E-state index in [0.717, 1.165) is 0 Å². The zero-order valence-electron chi connectivity index (χ0n) is 19.4. The number of halogens is 1. The number of amides is 3. The summed E-state index contributed by atoms with van der Waals surface area (Å²) in [6.45, 7) is 5.17. The molecule has 3 amide bonds. The Morgan fingerprint density at radius 3 is 2.40 bits per heavy atom. The van der Waals surface area contributed by atoms with E-state index in [-0.39, 0.29) is 17.6 Å². The van der Waals surface area contributed by atoms with Crippen molar-refractivity contribution in [3.05, 3.63) is 70.4 Å². The first-order valence-electron chi connectivity index (χ1n) is 11.2. The van der Waals surface area contributed by atoms with Crippen LogP contribution in [0.5, 0.6) is 0 Å². The van der Waals surface area contributed by atoms with E-state index in [2.05, 4.69) is 10.5 Å². The Balaban J connectivity index is 1.53. The molecule has 9 nitrogen and oxygen atoms in total. The number of aryl methyl sites for hydroxylation is 1. The fourth-order valence-corrected chi connectivity index (χ4v) is 4.14. The number of hydrogen-bond acceptors (Lipinski definition) is 6. The highest BCUT2D eigenvalue weighted by molar-refractivity contribution is 6.33. The number of carbonyl (C=O) groups is 3. The summed E-state index contributed by atoms with van der Waals surface area (Å²) in [4.78, 5) is 41.7. The Morgan fingerprint density at radius 2 is 1.69 bits per heavy atom. The number of aromatic nitrogens is 1. The Bertz CT molecular complexity index is 1250. The highest BCUT2D eigenvalue weighted by Gasteiger charge is 2.28. The molecule has 1 aromatic heterocycles. The van der Waals surface area contributed by atoms with Crippen molar-refractivity contribution >= 4 is 35.2 Å². The molecule has 1 aliphatic rings. The van der Waals surface area contributed by atoms with Crippen LogP contribution in [0.1, 0.15) is 33.4 Å². The number of piperazine rings is 1. The van der Waals surface area contributed by atoms with Crippen LogP contribution in [0.25, 0.3) is 11.3 Å². The van der Waals surface area contributed by atoms with E-state index < -0.39 is 5.91 Å². The topological polar surface area (TPSA) is 105 Å². The molecule has 0 atom stereocenters. The number of anilines is 1. The number of nitrogens with zero attached hydrogens (tertiary/aromatic N) is 3. The molecule has 1 N–H and O–H groups in total. The third-order valence-electron chi connectivity index (χ3n) is 5.72. The zero-order valence-corrected chi connectivity index (χ0v) is 20.2. The molecular weight excluding hydrogens is 472 g/mol. The molecule has 0 aliphatic carbocycles. The first-order valence-corrected chi connectivity index (χ1v) is 11.6. The first kappa shape index (κ1) is 24.3. The van der Waals surface area contributed by atoms with Gasteiger partial charge >= 0.3 is 6.09 Å². The molecule has 35 heavy (non-hydrogen) atoms. The van der Waals surface area contributed by atoms with Gasteiger partial charge in [0, 0.05) is 31.7 Å². The van der Waals surface area contributed by atoms with Gasteiger partial charge in [0.1, 0.15) is 17.0 Å². The van der Waals surface area contributed by atoms with E-state index in [4.69, 9.17) is 20.9 Å². The van der Waals surface area contributed by atoms with E-state index in [1.54, 1.807) is 72.2 Å². The van der Waals surface area contributed by atoms with Gasteiger partial charge in [0.05, 0.1) is 22.9 Å². The minimum absolute atomic E-state index is 0.238. The van der Waals surface area contributed by atoms with Gasteiger partial charge in [0.2, 0.25) is 0 Å². The number of hydrogen-bond donors (Lipinski definition) is 1. The molecule has 1 saturated heterocycles. The van der Waals surface area contributed by atoms with Gasteiger partial charge in [-0.3, -0.25) is 9.59 Å². The number of rotatable bonds is 5. The molecule has 2 heterocycles. The van der Waals surface area contributed by atoms with E-state index in [9.17, 15) is 14.4 Å². The highest BCUT2D eigenvalue weighted by Crippen LogP contribution is 2.32. The van der Waals surface area contributed by atoms with Crippen molar-refractivity contribution in [2.24, 2.45) is 0 Å². The largest absolute Gasteiger partial charge is 0.450 e. The van der Waals surface area contributed by atoms with Gasteiger partial charge in [-0.05, 0) is 32.0 Å². The van der Waals surface area contributed by atoms with Crippen molar-refractivity contribution in [3.63, 3.8) is 0 Å². The van der Waals surface area contributed by atoms with Crippen molar-refractivity contribution in [3.8, 4) is 11.3 Å². The quantitative estimate of drug-likeness (QED) is 0.558. The van der Waals surface area contributed by atoms with Gasteiger partial charge in [-0.2, -0.15) is 0 Å². The number of nitrogens with one attached hydrogen (secondary N) is 1. The van der Waals surface area contributed by atoms with E-state index >= 15 is 0 Å². The minimum Gasteiger partial charge on any atom is -0.450 e. The van der Waals surface area contributed by atoms with Crippen LogP contribution in [-0.4, -0.2) is 65.6 Å². The number of ether oxygens (including phenoxy) is 1. The van der Waals surface area contributed by atoms with Gasteiger partial charge in [-0.1, -0.05) is 47.1 Å². The van der Waals surface area contributed by atoms with Crippen molar-refractivity contribution in [2.45, 2.75) is 13.8 Å². The molecular formula is C25H25ClN4O5. The molecule has 0 bridgehead atoms. The summed E-state index contributed by atoms with van der Waals surface area (Å²) in [5.41, 5.74) is 1.84. The Labute approximate surface area is 207 Å². The number of benzene rings is 2. The van der Waals surface area contributed by atoms with Gasteiger partial charge in [-0.25, -0.2) is 4.79 Å². The summed E-state index contributed by atoms with van der Waals surface area (Å²) in [6.07, 6.45) is -0.384. The SMILES string of the molecule is CCOC(=O)N1CCN(C(=O)c2ccccc2NC(=O)c2c(-c3ccccc3Cl)noc2C)CC1. The Hall–Kier alpha value is -3.85. The first-order chi connectivity index (χ1) is 16.9. The van der Waals surface area contributed by atoms with Crippen LogP contribution < -0.4 is 5.32 Å². The summed E-state index contributed by atoms with van der Waals surface area (Å²) in [6, 6.07) is 13.8. The average molecular weight is 497 g/mol. The van der Waals surface area contributed by atoms with Crippen molar-refractivity contribution < 1.29 is 23.6 Å². The Kier molecular flexibility index (Phi) is 7.36.